The van der Waals surface area contributed by atoms with Gasteiger partial charge in [0.25, 0.3) is 0 Å². The smallest absolute Gasteiger partial charge is 0.243 e. The minimum absolute atomic E-state index is 0.00176. The lowest BCUT2D eigenvalue weighted by atomic mass is 9.97. The lowest BCUT2D eigenvalue weighted by Gasteiger charge is -2.30. The third-order valence-electron chi connectivity index (χ3n) is 5.00. The van der Waals surface area contributed by atoms with Crippen LogP contribution < -0.4 is 5.32 Å². The molecule has 0 aromatic heterocycles. The van der Waals surface area contributed by atoms with Gasteiger partial charge in [-0.25, -0.2) is 8.42 Å². The SMILES string of the molecule is O=C(NCCSCc1ccc(Cl)c(Cl)c1)C1CCN(S(=O)(=O)c2ccccc2)CC1. The Hall–Kier alpha value is -1.25. The number of sulfonamides is 1. The molecule has 3 rings (SSSR count). The minimum Gasteiger partial charge on any atom is -0.355 e. The monoisotopic (exact) mass is 486 g/mol. The van der Waals surface area contributed by atoms with Crippen molar-refractivity contribution in [2.24, 2.45) is 5.92 Å². The first-order chi connectivity index (χ1) is 14.4. The van der Waals surface area contributed by atoms with Gasteiger partial charge in [0, 0.05) is 37.1 Å². The van der Waals surface area contributed by atoms with Crippen molar-refractivity contribution in [1.82, 2.24) is 9.62 Å². The number of nitrogens with zero attached hydrogens (tertiary/aromatic N) is 1. The topological polar surface area (TPSA) is 66.5 Å². The number of carbonyl (C=O) groups is 1. The van der Waals surface area contributed by atoms with E-state index >= 15 is 0 Å². The van der Waals surface area contributed by atoms with Crippen LogP contribution in [-0.4, -0.2) is 44.0 Å². The van der Waals surface area contributed by atoms with Crippen LogP contribution in [0.15, 0.2) is 53.4 Å². The summed E-state index contributed by atoms with van der Waals surface area (Å²) >= 11 is 13.6. The maximum atomic E-state index is 12.7. The molecule has 1 aliphatic rings. The molecule has 1 aliphatic heterocycles. The third-order valence-corrected chi connectivity index (χ3v) is 8.69. The number of hydrogen-bond acceptors (Lipinski definition) is 4. The molecule has 162 valence electrons. The summed E-state index contributed by atoms with van der Waals surface area (Å²) in [6.45, 7) is 1.30. The summed E-state index contributed by atoms with van der Waals surface area (Å²) in [6, 6.07) is 14.0. The van der Waals surface area contributed by atoms with Crippen LogP contribution >= 0.6 is 35.0 Å². The van der Waals surface area contributed by atoms with Crippen molar-refractivity contribution in [1.29, 1.82) is 0 Å². The Morgan fingerprint density at radius 3 is 2.43 bits per heavy atom. The number of carbonyl (C=O) groups excluding carboxylic acids is 1. The van der Waals surface area contributed by atoms with E-state index in [4.69, 9.17) is 23.2 Å². The van der Waals surface area contributed by atoms with E-state index < -0.39 is 10.0 Å². The number of nitrogens with one attached hydrogen (secondary N) is 1. The van der Waals surface area contributed by atoms with Crippen LogP contribution in [0, 0.1) is 5.92 Å². The fourth-order valence-electron chi connectivity index (χ4n) is 3.31. The first kappa shape index (κ1) is 23.4. The molecule has 5 nitrogen and oxygen atoms in total. The van der Waals surface area contributed by atoms with Crippen LogP contribution in [0.3, 0.4) is 0 Å². The van der Waals surface area contributed by atoms with E-state index in [-0.39, 0.29) is 11.8 Å². The summed E-state index contributed by atoms with van der Waals surface area (Å²) in [7, 11) is -3.49. The van der Waals surface area contributed by atoms with Gasteiger partial charge in [-0.15, -0.1) is 0 Å². The van der Waals surface area contributed by atoms with Crippen LogP contribution in [-0.2, 0) is 20.6 Å². The summed E-state index contributed by atoms with van der Waals surface area (Å²) < 4.78 is 26.8. The van der Waals surface area contributed by atoms with Crippen LogP contribution in [0.5, 0.6) is 0 Å². The zero-order valence-corrected chi connectivity index (χ0v) is 19.5. The highest BCUT2D eigenvalue weighted by Crippen LogP contribution is 2.25. The molecule has 1 heterocycles. The minimum atomic E-state index is -3.49. The fourth-order valence-corrected chi connectivity index (χ4v) is 5.93. The van der Waals surface area contributed by atoms with Crippen LogP contribution in [0.1, 0.15) is 18.4 Å². The number of hydrogen-bond donors (Lipinski definition) is 1. The molecule has 0 bridgehead atoms. The Kier molecular flexibility index (Phi) is 8.48. The predicted molar refractivity (Wildman–Crippen MR) is 124 cm³/mol. The summed E-state index contributed by atoms with van der Waals surface area (Å²) in [5.41, 5.74) is 1.09. The summed E-state index contributed by atoms with van der Waals surface area (Å²) in [6.07, 6.45) is 1.07. The second kappa shape index (κ2) is 10.9. The normalized spacial score (nSPS) is 15.8. The molecular formula is C21H24Cl2N2O3S2. The zero-order chi connectivity index (χ0) is 21.6. The van der Waals surface area contributed by atoms with E-state index in [0.717, 1.165) is 17.1 Å². The van der Waals surface area contributed by atoms with Gasteiger partial charge in [-0.05, 0) is 42.7 Å². The molecule has 1 fully saturated rings. The predicted octanol–water partition coefficient (Wildman–Crippen LogP) is 4.44. The number of rotatable bonds is 8. The lowest BCUT2D eigenvalue weighted by molar-refractivity contribution is -0.125. The van der Waals surface area contributed by atoms with Gasteiger partial charge in [0.2, 0.25) is 15.9 Å². The fraction of sp³-hybridized carbons (Fsp3) is 0.381. The number of piperidine rings is 1. The van der Waals surface area contributed by atoms with Gasteiger partial charge < -0.3 is 5.32 Å². The van der Waals surface area contributed by atoms with Crippen molar-refractivity contribution < 1.29 is 13.2 Å². The largest absolute Gasteiger partial charge is 0.355 e. The van der Waals surface area contributed by atoms with Gasteiger partial charge in [0.15, 0.2) is 0 Å². The highest BCUT2D eigenvalue weighted by Gasteiger charge is 2.31. The average Bonchev–Trinajstić information content (AvgIpc) is 2.76. The highest BCUT2D eigenvalue weighted by atomic mass is 35.5. The van der Waals surface area contributed by atoms with Crippen molar-refractivity contribution in [3.63, 3.8) is 0 Å². The average molecular weight is 487 g/mol. The maximum Gasteiger partial charge on any atom is 0.243 e. The van der Waals surface area contributed by atoms with Gasteiger partial charge >= 0.3 is 0 Å². The second-order valence-corrected chi connectivity index (χ2v) is 10.9. The van der Waals surface area contributed by atoms with Crippen molar-refractivity contribution in [3.8, 4) is 0 Å². The van der Waals surface area contributed by atoms with Crippen LogP contribution in [0.25, 0.3) is 0 Å². The van der Waals surface area contributed by atoms with E-state index in [2.05, 4.69) is 5.32 Å². The van der Waals surface area contributed by atoms with Crippen molar-refractivity contribution in [2.45, 2.75) is 23.5 Å². The zero-order valence-electron chi connectivity index (χ0n) is 16.4. The molecule has 1 amide bonds. The Labute approximate surface area is 192 Å². The van der Waals surface area contributed by atoms with E-state index in [1.165, 1.54) is 4.31 Å². The molecule has 0 spiro atoms. The molecule has 0 radical (unpaired) electrons. The van der Waals surface area contributed by atoms with E-state index in [0.29, 0.717) is 47.4 Å². The van der Waals surface area contributed by atoms with Gasteiger partial charge in [0.05, 0.1) is 14.9 Å². The molecule has 0 unspecified atom stereocenters. The molecule has 9 heteroatoms. The Balaban J connectivity index is 1.37. The standard InChI is InChI=1S/C21H24Cl2N2O3S2/c22-19-7-6-16(14-20(19)23)15-29-13-10-24-21(26)17-8-11-25(12-9-17)30(27,28)18-4-2-1-3-5-18/h1-7,14,17H,8-13,15H2,(H,24,26). The van der Waals surface area contributed by atoms with Crippen LogP contribution in [0.4, 0.5) is 0 Å². The van der Waals surface area contributed by atoms with Crippen molar-refractivity contribution in [3.05, 3.63) is 64.1 Å². The quantitative estimate of drug-likeness (QED) is 0.559. The summed E-state index contributed by atoms with van der Waals surface area (Å²) in [5, 5.41) is 4.06. The maximum absolute atomic E-state index is 12.7. The number of thioether (sulfide) groups is 1. The van der Waals surface area contributed by atoms with Gasteiger partial charge in [0.1, 0.15) is 0 Å². The molecule has 1 N–H and O–H groups in total. The van der Waals surface area contributed by atoms with Gasteiger partial charge in [-0.2, -0.15) is 16.1 Å². The van der Waals surface area contributed by atoms with E-state index in [1.807, 2.05) is 12.1 Å². The first-order valence-electron chi connectivity index (χ1n) is 9.72. The number of halogens is 2. The van der Waals surface area contributed by atoms with Gasteiger partial charge in [-0.1, -0.05) is 47.5 Å². The van der Waals surface area contributed by atoms with Crippen molar-refractivity contribution >= 4 is 50.9 Å². The number of amides is 1. The molecule has 2 aromatic carbocycles. The van der Waals surface area contributed by atoms with Crippen LogP contribution in [0.2, 0.25) is 10.0 Å². The third kappa shape index (κ3) is 6.14. The Morgan fingerprint density at radius 1 is 1.07 bits per heavy atom. The molecule has 1 saturated heterocycles. The number of benzene rings is 2. The molecule has 0 saturated carbocycles. The summed E-state index contributed by atoms with van der Waals surface area (Å²) in [4.78, 5) is 12.7. The second-order valence-electron chi connectivity index (χ2n) is 7.08. The van der Waals surface area contributed by atoms with Crippen molar-refractivity contribution in [2.75, 3.05) is 25.4 Å². The van der Waals surface area contributed by atoms with E-state index in [1.54, 1.807) is 48.2 Å². The van der Waals surface area contributed by atoms with E-state index in [9.17, 15) is 13.2 Å². The lowest BCUT2D eigenvalue weighted by Crippen LogP contribution is -2.43. The molecule has 0 aliphatic carbocycles. The highest BCUT2D eigenvalue weighted by molar-refractivity contribution is 7.98. The summed E-state index contributed by atoms with van der Waals surface area (Å²) in [5.74, 6) is 1.43. The Morgan fingerprint density at radius 2 is 1.77 bits per heavy atom. The first-order valence-corrected chi connectivity index (χ1v) is 13.1. The molecule has 0 atom stereocenters. The molecule has 30 heavy (non-hydrogen) atoms. The Bertz CT molecular complexity index is 963. The molecule has 2 aromatic rings. The molecular weight excluding hydrogens is 463 g/mol. The van der Waals surface area contributed by atoms with Gasteiger partial charge in [-0.3, -0.25) is 4.79 Å².